The van der Waals surface area contributed by atoms with Crippen LogP contribution in [-0.4, -0.2) is 70.4 Å². The van der Waals surface area contributed by atoms with Gasteiger partial charge < -0.3 is 19.5 Å². The van der Waals surface area contributed by atoms with E-state index in [1.54, 1.807) is 0 Å². The van der Waals surface area contributed by atoms with Gasteiger partial charge in [-0.2, -0.15) is 4.37 Å². The number of alkyl carbamates (subject to hydrolysis) is 1. The van der Waals surface area contributed by atoms with Crippen molar-refractivity contribution in [1.82, 2.24) is 14.1 Å². The second-order valence-electron chi connectivity index (χ2n) is 12.7. The molecule has 1 aromatic heterocycles. The molecule has 2 rings (SSSR count). The Morgan fingerprint density at radius 1 is 1.00 bits per heavy atom. The van der Waals surface area contributed by atoms with E-state index >= 15 is 0 Å². The number of aromatic nitrogens is 2. The van der Waals surface area contributed by atoms with Crippen LogP contribution in [0.2, 0.25) is 0 Å². The largest absolute Gasteiger partial charge is 0.475 e. The summed E-state index contributed by atoms with van der Waals surface area (Å²) in [7, 11) is 2.19. The summed E-state index contributed by atoms with van der Waals surface area (Å²) in [4.78, 5) is 24.8. The van der Waals surface area contributed by atoms with Crippen LogP contribution in [0, 0.1) is 0 Å². The lowest BCUT2D eigenvalue weighted by molar-refractivity contribution is -0.947. The molecular weight excluding hydrogens is 552 g/mol. The SMILES string of the molecule is CCCCCCOc1nsnc1C1=CCC[N+](C)(C(CCCCCC)OC(=O)NCCCCCC(=O)OC(C)(C)C)C1. The van der Waals surface area contributed by atoms with E-state index in [1.165, 1.54) is 31.0 Å². The van der Waals surface area contributed by atoms with Crippen molar-refractivity contribution in [3.8, 4) is 5.88 Å². The van der Waals surface area contributed by atoms with Gasteiger partial charge in [0, 0.05) is 31.4 Å². The standard InChI is InChI=1S/C32H56N4O5S/c1-7-9-11-14-20-27(40-31(38)33-22-16-13-15-21-28(37)41-32(3,4)5)36(6)23-18-19-26(25-36)29-30(35-42-34-29)39-24-17-12-10-8-2/h19,27H,7-18,20-25H2,1-6H3/p+1. The van der Waals surface area contributed by atoms with Gasteiger partial charge in [-0.1, -0.05) is 64.9 Å². The Hall–Kier alpha value is -2.20. The molecule has 2 heterocycles. The van der Waals surface area contributed by atoms with Gasteiger partial charge in [0.1, 0.15) is 17.8 Å². The zero-order valence-electron chi connectivity index (χ0n) is 27.2. The number of rotatable bonds is 20. The van der Waals surface area contributed by atoms with Crippen molar-refractivity contribution < 1.29 is 28.3 Å². The molecule has 10 heteroatoms. The highest BCUT2D eigenvalue weighted by atomic mass is 32.1. The highest BCUT2D eigenvalue weighted by Crippen LogP contribution is 2.33. The average molecular weight is 610 g/mol. The Morgan fingerprint density at radius 2 is 1.71 bits per heavy atom. The second kappa shape index (κ2) is 19.2. The number of nitrogens with one attached hydrogen (secondary N) is 1. The summed E-state index contributed by atoms with van der Waals surface area (Å²) in [6.07, 6.45) is 15.2. The number of carbonyl (C=O) groups is 2. The topological polar surface area (TPSA) is 99.6 Å². The maximum absolute atomic E-state index is 12.9. The van der Waals surface area contributed by atoms with Gasteiger partial charge in [0.05, 0.1) is 31.9 Å². The Kier molecular flexibility index (Phi) is 16.4. The monoisotopic (exact) mass is 609 g/mol. The predicted octanol–water partition coefficient (Wildman–Crippen LogP) is 7.66. The van der Waals surface area contributed by atoms with Crippen LogP contribution in [0.25, 0.3) is 5.57 Å². The van der Waals surface area contributed by atoms with Crippen LogP contribution in [0.15, 0.2) is 6.08 Å². The average Bonchev–Trinajstić information content (AvgIpc) is 3.40. The van der Waals surface area contributed by atoms with E-state index in [1.807, 2.05) is 20.8 Å². The second-order valence-corrected chi connectivity index (χ2v) is 13.3. The van der Waals surface area contributed by atoms with Crippen molar-refractivity contribution >= 4 is 29.4 Å². The van der Waals surface area contributed by atoms with E-state index in [0.29, 0.717) is 36.5 Å². The van der Waals surface area contributed by atoms with Crippen molar-refractivity contribution in [3.05, 3.63) is 11.8 Å². The van der Waals surface area contributed by atoms with Crippen LogP contribution < -0.4 is 10.1 Å². The van der Waals surface area contributed by atoms with Crippen LogP contribution in [0.5, 0.6) is 5.88 Å². The lowest BCUT2D eigenvalue weighted by atomic mass is 10.0. The molecule has 2 unspecified atom stereocenters. The lowest BCUT2D eigenvalue weighted by Crippen LogP contribution is -2.57. The van der Waals surface area contributed by atoms with Gasteiger partial charge in [-0.25, -0.2) is 4.79 Å². The van der Waals surface area contributed by atoms with Gasteiger partial charge in [-0.3, -0.25) is 9.28 Å². The maximum Gasteiger partial charge on any atom is 0.411 e. The number of ether oxygens (including phenoxy) is 3. The first-order chi connectivity index (χ1) is 20.1. The molecule has 0 bridgehead atoms. The van der Waals surface area contributed by atoms with E-state index in [9.17, 15) is 9.59 Å². The molecule has 2 atom stereocenters. The summed E-state index contributed by atoms with van der Waals surface area (Å²) in [6, 6.07) is 0. The van der Waals surface area contributed by atoms with E-state index < -0.39 is 5.60 Å². The lowest BCUT2D eigenvalue weighted by Gasteiger charge is -2.42. The summed E-state index contributed by atoms with van der Waals surface area (Å²) >= 11 is 1.19. The van der Waals surface area contributed by atoms with Crippen LogP contribution in [0.4, 0.5) is 4.79 Å². The number of amides is 1. The van der Waals surface area contributed by atoms with E-state index in [-0.39, 0.29) is 18.3 Å². The highest BCUT2D eigenvalue weighted by Gasteiger charge is 2.39. The minimum Gasteiger partial charge on any atom is -0.475 e. The van der Waals surface area contributed by atoms with Crippen LogP contribution in [0.3, 0.4) is 0 Å². The Bertz CT molecular complexity index is 961. The Labute approximate surface area is 258 Å². The summed E-state index contributed by atoms with van der Waals surface area (Å²) in [5.74, 6) is 0.452. The number of unbranched alkanes of at least 4 members (excludes halogenated alkanes) is 8. The third kappa shape index (κ3) is 13.8. The number of esters is 1. The predicted molar refractivity (Wildman–Crippen MR) is 169 cm³/mol. The third-order valence-corrected chi connectivity index (χ3v) is 8.06. The first-order valence-corrected chi connectivity index (χ1v) is 17.0. The summed E-state index contributed by atoms with van der Waals surface area (Å²) < 4.78 is 27.2. The smallest absolute Gasteiger partial charge is 0.411 e. The fourth-order valence-corrected chi connectivity index (χ4v) is 5.75. The minimum absolute atomic E-state index is 0.174. The molecule has 1 N–H and O–H groups in total. The molecule has 0 aromatic carbocycles. The van der Waals surface area contributed by atoms with E-state index in [2.05, 4.69) is 41.0 Å². The maximum atomic E-state index is 12.9. The fourth-order valence-electron chi connectivity index (χ4n) is 5.22. The Balaban J connectivity index is 1.91. The van der Waals surface area contributed by atoms with Crippen molar-refractivity contribution in [2.75, 3.05) is 33.3 Å². The van der Waals surface area contributed by atoms with Gasteiger partial charge in [0.25, 0.3) is 5.88 Å². The molecule has 1 aromatic rings. The molecule has 0 spiro atoms. The van der Waals surface area contributed by atoms with E-state index in [4.69, 9.17) is 14.2 Å². The molecule has 1 amide bonds. The molecule has 1 aliphatic heterocycles. The number of hydrogen-bond donors (Lipinski definition) is 1. The molecule has 42 heavy (non-hydrogen) atoms. The van der Waals surface area contributed by atoms with Gasteiger partial charge in [-0.05, 0) is 46.5 Å². The number of likely N-dealkylation sites (N-methyl/N-ethyl adjacent to an activating group) is 1. The van der Waals surface area contributed by atoms with Gasteiger partial charge >= 0.3 is 12.1 Å². The minimum atomic E-state index is -0.458. The molecule has 0 radical (unpaired) electrons. The van der Waals surface area contributed by atoms with Crippen molar-refractivity contribution in [2.24, 2.45) is 0 Å². The van der Waals surface area contributed by atoms with Gasteiger partial charge in [0.15, 0.2) is 0 Å². The highest BCUT2D eigenvalue weighted by molar-refractivity contribution is 6.99. The van der Waals surface area contributed by atoms with Gasteiger partial charge in [0.2, 0.25) is 6.23 Å². The van der Waals surface area contributed by atoms with Gasteiger partial charge in [-0.15, -0.1) is 4.37 Å². The summed E-state index contributed by atoms with van der Waals surface area (Å²) in [5.41, 5.74) is 1.49. The number of carbonyl (C=O) groups excluding carboxylic acids is 2. The zero-order chi connectivity index (χ0) is 30.8. The summed E-state index contributed by atoms with van der Waals surface area (Å²) in [6.45, 7) is 12.8. The van der Waals surface area contributed by atoms with E-state index in [0.717, 1.165) is 82.0 Å². The van der Waals surface area contributed by atoms with Crippen LogP contribution in [-0.2, 0) is 14.3 Å². The molecule has 0 aliphatic carbocycles. The normalized spacial score (nSPS) is 17.8. The number of nitrogens with zero attached hydrogens (tertiary/aromatic N) is 3. The molecule has 0 saturated carbocycles. The fraction of sp³-hybridized carbons (Fsp3) is 0.812. The van der Waals surface area contributed by atoms with Crippen molar-refractivity contribution in [2.45, 2.75) is 136 Å². The third-order valence-electron chi connectivity index (χ3n) is 7.55. The molecular formula is C32H57N4O5S+. The molecule has 1 aliphatic rings. The molecule has 0 fully saturated rings. The van der Waals surface area contributed by atoms with Crippen molar-refractivity contribution in [3.63, 3.8) is 0 Å². The van der Waals surface area contributed by atoms with Crippen LogP contribution in [0.1, 0.15) is 130 Å². The van der Waals surface area contributed by atoms with Crippen LogP contribution >= 0.6 is 11.7 Å². The molecule has 0 saturated heterocycles. The first kappa shape index (κ1) is 36.0. The Morgan fingerprint density at radius 3 is 2.43 bits per heavy atom. The molecule has 240 valence electrons. The first-order valence-electron chi connectivity index (χ1n) is 16.2. The summed E-state index contributed by atoms with van der Waals surface area (Å²) in [5, 5.41) is 2.94. The molecule has 9 nitrogen and oxygen atoms in total. The van der Waals surface area contributed by atoms with Crippen molar-refractivity contribution in [1.29, 1.82) is 0 Å². The number of quaternary nitrogens is 1. The zero-order valence-corrected chi connectivity index (χ0v) is 28.0. The quantitative estimate of drug-likeness (QED) is 0.0920. The number of hydrogen-bond acceptors (Lipinski definition) is 8.